The number of benzene rings is 1. The Morgan fingerprint density at radius 2 is 1.83 bits per heavy atom. The van der Waals surface area contributed by atoms with Crippen LogP contribution in [0.2, 0.25) is 0 Å². The van der Waals surface area contributed by atoms with Crippen LogP contribution >= 0.6 is 0 Å². The maximum absolute atomic E-state index is 4.53. The molecule has 0 amide bonds. The van der Waals surface area contributed by atoms with Crippen LogP contribution in [0.3, 0.4) is 0 Å². The summed E-state index contributed by atoms with van der Waals surface area (Å²) < 4.78 is 0. The van der Waals surface area contributed by atoms with Crippen LogP contribution in [-0.2, 0) is 0 Å². The minimum absolute atomic E-state index is 0.571. The van der Waals surface area contributed by atoms with E-state index in [1.54, 1.807) is 0 Å². The van der Waals surface area contributed by atoms with Gasteiger partial charge in [0, 0.05) is 17.2 Å². The summed E-state index contributed by atoms with van der Waals surface area (Å²) in [5, 5.41) is 0. The molecule has 0 spiro atoms. The summed E-state index contributed by atoms with van der Waals surface area (Å²) in [6.07, 6.45) is 2.43. The monoisotopic (exact) mass is 234 g/mol. The molecule has 1 aromatic heterocycles. The van der Waals surface area contributed by atoms with Gasteiger partial charge in [0.25, 0.3) is 0 Å². The average Bonchev–Trinajstić information content (AvgIpc) is 3.21. The summed E-state index contributed by atoms with van der Waals surface area (Å²) in [7, 11) is 0. The quantitative estimate of drug-likeness (QED) is 0.709. The Morgan fingerprint density at radius 3 is 2.56 bits per heavy atom. The molecule has 1 aromatic carbocycles. The van der Waals surface area contributed by atoms with E-state index in [0.29, 0.717) is 5.92 Å². The van der Waals surface area contributed by atoms with Gasteiger partial charge in [-0.25, -0.2) is 9.97 Å². The lowest BCUT2D eigenvalue weighted by atomic mass is 10.2. The molecular formula is C16H14N2. The summed E-state index contributed by atoms with van der Waals surface area (Å²) in [6, 6.07) is 11.9. The predicted molar refractivity (Wildman–Crippen MR) is 71.2 cm³/mol. The molecule has 1 aliphatic rings. The zero-order valence-corrected chi connectivity index (χ0v) is 10.4. The lowest BCUT2D eigenvalue weighted by Gasteiger charge is -1.99. The van der Waals surface area contributed by atoms with Crippen molar-refractivity contribution in [3.05, 3.63) is 59.2 Å². The maximum atomic E-state index is 4.53. The first-order valence-electron chi connectivity index (χ1n) is 6.24. The van der Waals surface area contributed by atoms with Crippen LogP contribution in [0.5, 0.6) is 0 Å². The smallest absolute Gasteiger partial charge is 0.133 e. The molecule has 1 fully saturated rings. The molecule has 1 aliphatic carbocycles. The van der Waals surface area contributed by atoms with E-state index in [0.717, 1.165) is 22.8 Å². The highest BCUT2D eigenvalue weighted by atomic mass is 14.9. The van der Waals surface area contributed by atoms with Crippen LogP contribution in [-0.4, -0.2) is 9.97 Å². The molecule has 2 aromatic rings. The molecule has 0 atom stereocenters. The zero-order chi connectivity index (χ0) is 12.4. The fraction of sp³-hybridized carbons (Fsp3) is 0.250. The van der Waals surface area contributed by atoms with Crippen LogP contribution in [0.4, 0.5) is 0 Å². The van der Waals surface area contributed by atoms with Gasteiger partial charge in [-0.3, -0.25) is 0 Å². The standard InChI is InChI=1S/C16H14N2/c1-12-11-15(18-16(17-12)14-8-9-14)10-7-13-5-3-2-4-6-13/h2-6,11,14H,8-9H2,1H3. The minimum atomic E-state index is 0.571. The first kappa shape index (κ1) is 11.0. The van der Waals surface area contributed by atoms with E-state index >= 15 is 0 Å². The fourth-order valence-corrected chi connectivity index (χ4v) is 1.84. The number of hydrogen-bond donors (Lipinski definition) is 0. The van der Waals surface area contributed by atoms with E-state index in [4.69, 9.17) is 0 Å². The molecule has 3 rings (SSSR count). The van der Waals surface area contributed by atoms with Gasteiger partial charge < -0.3 is 0 Å². The second kappa shape index (κ2) is 4.62. The van der Waals surface area contributed by atoms with Crippen LogP contribution < -0.4 is 0 Å². The normalized spacial score (nSPS) is 13.8. The molecule has 0 N–H and O–H groups in total. The zero-order valence-electron chi connectivity index (χ0n) is 10.4. The van der Waals surface area contributed by atoms with Crippen molar-refractivity contribution in [1.29, 1.82) is 0 Å². The Morgan fingerprint density at radius 1 is 1.06 bits per heavy atom. The molecule has 2 heteroatoms. The molecule has 1 heterocycles. The van der Waals surface area contributed by atoms with Crippen molar-refractivity contribution in [1.82, 2.24) is 9.97 Å². The van der Waals surface area contributed by atoms with Crippen molar-refractivity contribution in [2.75, 3.05) is 0 Å². The highest BCUT2D eigenvalue weighted by Crippen LogP contribution is 2.37. The van der Waals surface area contributed by atoms with Crippen molar-refractivity contribution in [2.24, 2.45) is 0 Å². The molecule has 0 bridgehead atoms. The summed E-state index contributed by atoms with van der Waals surface area (Å²) in [5.74, 6) is 7.79. The highest BCUT2D eigenvalue weighted by molar-refractivity contribution is 5.40. The van der Waals surface area contributed by atoms with E-state index in [9.17, 15) is 0 Å². The van der Waals surface area contributed by atoms with Crippen LogP contribution in [0.25, 0.3) is 0 Å². The van der Waals surface area contributed by atoms with Gasteiger partial charge in [-0.05, 0) is 43.9 Å². The number of nitrogens with zero attached hydrogens (tertiary/aromatic N) is 2. The first-order chi connectivity index (χ1) is 8.81. The van der Waals surface area contributed by atoms with Crippen molar-refractivity contribution in [3.63, 3.8) is 0 Å². The van der Waals surface area contributed by atoms with E-state index in [1.807, 2.05) is 43.3 Å². The van der Waals surface area contributed by atoms with Gasteiger partial charge in [-0.15, -0.1) is 0 Å². The lowest BCUT2D eigenvalue weighted by molar-refractivity contribution is 0.899. The number of aromatic nitrogens is 2. The third-order valence-corrected chi connectivity index (χ3v) is 2.92. The number of aryl methyl sites for hydroxylation is 1. The topological polar surface area (TPSA) is 25.8 Å². The Bertz CT molecular complexity index is 617. The van der Waals surface area contributed by atoms with Crippen molar-refractivity contribution >= 4 is 0 Å². The molecule has 2 nitrogen and oxygen atoms in total. The van der Waals surface area contributed by atoms with Crippen molar-refractivity contribution < 1.29 is 0 Å². The van der Waals surface area contributed by atoms with E-state index < -0.39 is 0 Å². The second-order valence-electron chi connectivity index (χ2n) is 4.64. The van der Waals surface area contributed by atoms with Crippen molar-refractivity contribution in [2.45, 2.75) is 25.7 Å². The lowest BCUT2D eigenvalue weighted by Crippen LogP contribution is -1.97. The van der Waals surface area contributed by atoms with Gasteiger partial charge >= 0.3 is 0 Å². The molecule has 0 radical (unpaired) electrons. The summed E-state index contributed by atoms with van der Waals surface area (Å²) in [5.41, 5.74) is 2.85. The van der Waals surface area contributed by atoms with Crippen molar-refractivity contribution in [3.8, 4) is 11.8 Å². The third-order valence-electron chi connectivity index (χ3n) is 2.92. The van der Waals surface area contributed by atoms with Gasteiger partial charge in [0.15, 0.2) is 0 Å². The van der Waals surface area contributed by atoms with E-state index in [-0.39, 0.29) is 0 Å². The average molecular weight is 234 g/mol. The minimum Gasteiger partial charge on any atom is -0.238 e. The third kappa shape index (κ3) is 2.57. The molecule has 18 heavy (non-hydrogen) atoms. The Kier molecular flexibility index (Phi) is 2.82. The van der Waals surface area contributed by atoms with Gasteiger partial charge in [-0.1, -0.05) is 24.1 Å². The fourth-order valence-electron chi connectivity index (χ4n) is 1.84. The highest BCUT2D eigenvalue weighted by Gasteiger charge is 2.26. The predicted octanol–water partition coefficient (Wildman–Crippen LogP) is 3.06. The summed E-state index contributed by atoms with van der Waals surface area (Å²) in [4.78, 5) is 9.00. The van der Waals surface area contributed by atoms with E-state index in [2.05, 4.69) is 21.8 Å². The maximum Gasteiger partial charge on any atom is 0.133 e. The summed E-state index contributed by atoms with van der Waals surface area (Å²) in [6.45, 7) is 2.00. The van der Waals surface area contributed by atoms with Gasteiger partial charge in [-0.2, -0.15) is 0 Å². The number of hydrogen-bond acceptors (Lipinski definition) is 2. The number of rotatable bonds is 1. The first-order valence-corrected chi connectivity index (χ1v) is 6.24. The van der Waals surface area contributed by atoms with Gasteiger partial charge in [0.05, 0.1) is 0 Å². The summed E-state index contributed by atoms with van der Waals surface area (Å²) >= 11 is 0. The Labute approximate surface area is 107 Å². The molecule has 1 saturated carbocycles. The SMILES string of the molecule is Cc1cc(C#Cc2ccccc2)nc(C2CC2)n1. The molecule has 0 unspecified atom stereocenters. The van der Waals surface area contributed by atoms with Crippen LogP contribution in [0, 0.1) is 18.8 Å². The van der Waals surface area contributed by atoms with Crippen LogP contribution in [0.15, 0.2) is 36.4 Å². The van der Waals surface area contributed by atoms with Crippen LogP contribution in [0.1, 0.15) is 41.5 Å². The molecule has 0 aliphatic heterocycles. The molecular weight excluding hydrogens is 220 g/mol. The largest absolute Gasteiger partial charge is 0.238 e. The van der Waals surface area contributed by atoms with Gasteiger partial charge in [0.1, 0.15) is 11.5 Å². The van der Waals surface area contributed by atoms with E-state index in [1.165, 1.54) is 12.8 Å². The molecule has 88 valence electrons. The van der Waals surface area contributed by atoms with Gasteiger partial charge in [0.2, 0.25) is 0 Å². The molecule has 0 saturated heterocycles. The Hall–Kier alpha value is -2.14. The Balaban J connectivity index is 1.91. The second-order valence-corrected chi connectivity index (χ2v) is 4.64.